The van der Waals surface area contributed by atoms with E-state index in [-0.39, 0.29) is 5.41 Å². The Bertz CT molecular complexity index is 250. The summed E-state index contributed by atoms with van der Waals surface area (Å²) in [4.78, 5) is 0. The lowest BCUT2D eigenvalue weighted by atomic mass is 9.92. The Kier molecular flexibility index (Phi) is 1.90. The molecule has 0 atom stereocenters. The van der Waals surface area contributed by atoms with Crippen LogP contribution in [0.3, 0.4) is 0 Å². The Hall–Kier alpha value is -0.980. The molecule has 0 aliphatic heterocycles. The quantitative estimate of drug-likeness (QED) is 0.578. The predicted molar refractivity (Wildman–Crippen MR) is 49.5 cm³/mol. The molecular formula is C10H15N. The van der Waals surface area contributed by atoms with Crippen LogP contribution in [0.2, 0.25) is 0 Å². The first-order valence-electron chi connectivity index (χ1n) is 3.85. The minimum atomic E-state index is 0.206. The summed E-state index contributed by atoms with van der Waals surface area (Å²) in [7, 11) is 0. The van der Waals surface area contributed by atoms with Gasteiger partial charge in [-0.15, -0.1) is 0 Å². The smallest absolute Gasteiger partial charge is 0.0274 e. The van der Waals surface area contributed by atoms with Gasteiger partial charge in [-0.1, -0.05) is 27.4 Å². The minimum absolute atomic E-state index is 0.206. The monoisotopic (exact) mass is 149 g/mol. The Balaban J connectivity index is 3.12. The van der Waals surface area contributed by atoms with Crippen LogP contribution in [0.5, 0.6) is 0 Å². The highest BCUT2D eigenvalue weighted by atomic mass is 14.9. The van der Waals surface area contributed by atoms with Crippen molar-refractivity contribution in [3.63, 3.8) is 0 Å². The maximum absolute atomic E-state index is 3.74. The van der Waals surface area contributed by atoms with Crippen LogP contribution in [0.4, 0.5) is 0 Å². The van der Waals surface area contributed by atoms with Crippen LogP contribution in [0.1, 0.15) is 26.5 Å². The summed E-state index contributed by atoms with van der Waals surface area (Å²) in [5.41, 5.74) is 1.50. The highest BCUT2D eigenvalue weighted by molar-refractivity contribution is 5.28. The van der Waals surface area contributed by atoms with Crippen molar-refractivity contribution in [2.24, 2.45) is 0 Å². The molecule has 0 N–H and O–H groups in total. The normalized spacial score (nSPS) is 11.5. The van der Waals surface area contributed by atoms with Crippen molar-refractivity contribution < 1.29 is 0 Å². The van der Waals surface area contributed by atoms with E-state index in [1.165, 1.54) is 5.69 Å². The maximum Gasteiger partial charge on any atom is 0.0274 e. The van der Waals surface area contributed by atoms with Gasteiger partial charge in [-0.05, 0) is 12.1 Å². The zero-order valence-electron chi connectivity index (χ0n) is 7.46. The predicted octanol–water partition coefficient (Wildman–Crippen LogP) is 2.89. The summed E-state index contributed by atoms with van der Waals surface area (Å²) in [6.07, 6.45) is 3.86. The summed E-state index contributed by atoms with van der Waals surface area (Å²) in [6, 6.07) is 4.17. The van der Waals surface area contributed by atoms with E-state index in [2.05, 4.69) is 38.0 Å². The zero-order chi connectivity index (χ0) is 8.48. The van der Waals surface area contributed by atoms with Crippen LogP contribution >= 0.6 is 0 Å². The van der Waals surface area contributed by atoms with E-state index >= 15 is 0 Å². The molecule has 0 amide bonds. The van der Waals surface area contributed by atoms with E-state index in [0.717, 1.165) is 0 Å². The maximum atomic E-state index is 3.74. The van der Waals surface area contributed by atoms with Gasteiger partial charge in [0.25, 0.3) is 0 Å². The molecule has 60 valence electrons. The second-order valence-electron chi connectivity index (χ2n) is 3.73. The third-order valence-electron chi connectivity index (χ3n) is 1.74. The topological polar surface area (TPSA) is 4.93 Å². The number of hydrogen-bond acceptors (Lipinski definition) is 0. The molecule has 0 fully saturated rings. The van der Waals surface area contributed by atoms with Gasteiger partial charge in [0.05, 0.1) is 0 Å². The van der Waals surface area contributed by atoms with Crippen molar-refractivity contribution >= 4 is 6.20 Å². The van der Waals surface area contributed by atoms with Gasteiger partial charge >= 0.3 is 0 Å². The van der Waals surface area contributed by atoms with Gasteiger partial charge in [0.2, 0.25) is 0 Å². The lowest BCUT2D eigenvalue weighted by molar-refractivity contribution is 0.561. The van der Waals surface area contributed by atoms with Crippen LogP contribution in [-0.2, 0) is 5.41 Å². The Morgan fingerprint density at radius 2 is 2.09 bits per heavy atom. The first kappa shape index (κ1) is 8.12. The molecule has 0 aromatic carbocycles. The molecule has 0 bridgehead atoms. The lowest BCUT2D eigenvalue weighted by Crippen LogP contribution is -2.14. The fourth-order valence-corrected chi connectivity index (χ4v) is 1.19. The van der Waals surface area contributed by atoms with Crippen LogP contribution < -0.4 is 0 Å². The summed E-state index contributed by atoms with van der Waals surface area (Å²) in [5.74, 6) is 0. The lowest BCUT2D eigenvalue weighted by Gasteiger charge is -2.19. The van der Waals surface area contributed by atoms with E-state index in [4.69, 9.17) is 0 Å². The Morgan fingerprint density at radius 1 is 1.45 bits per heavy atom. The molecule has 0 aliphatic carbocycles. The second kappa shape index (κ2) is 2.57. The van der Waals surface area contributed by atoms with E-state index in [1.807, 2.05) is 18.5 Å². The number of aromatic nitrogens is 1. The SMILES string of the molecule is C=Cn1cccc1C(C)(C)C. The summed E-state index contributed by atoms with van der Waals surface area (Å²) >= 11 is 0. The van der Waals surface area contributed by atoms with E-state index < -0.39 is 0 Å². The van der Waals surface area contributed by atoms with Gasteiger partial charge in [0.15, 0.2) is 0 Å². The van der Waals surface area contributed by atoms with E-state index in [9.17, 15) is 0 Å². The molecule has 1 heteroatoms. The molecule has 0 radical (unpaired) electrons. The summed E-state index contributed by atoms with van der Waals surface area (Å²) in [6.45, 7) is 10.3. The van der Waals surface area contributed by atoms with Crippen molar-refractivity contribution in [3.05, 3.63) is 30.6 Å². The molecular weight excluding hydrogens is 134 g/mol. The van der Waals surface area contributed by atoms with Crippen LogP contribution in [0.25, 0.3) is 6.20 Å². The third kappa shape index (κ3) is 1.53. The molecule has 0 saturated carbocycles. The molecule has 0 unspecified atom stereocenters. The number of hydrogen-bond donors (Lipinski definition) is 0. The first-order chi connectivity index (χ1) is 5.05. The fourth-order valence-electron chi connectivity index (χ4n) is 1.19. The van der Waals surface area contributed by atoms with Crippen LogP contribution in [0.15, 0.2) is 24.9 Å². The number of rotatable bonds is 1. The second-order valence-corrected chi connectivity index (χ2v) is 3.73. The molecule has 1 heterocycles. The average Bonchev–Trinajstić information content (AvgIpc) is 2.31. The van der Waals surface area contributed by atoms with Crippen LogP contribution in [0, 0.1) is 0 Å². The molecule has 0 saturated heterocycles. The third-order valence-corrected chi connectivity index (χ3v) is 1.74. The molecule has 0 aliphatic rings. The average molecular weight is 149 g/mol. The van der Waals surface area contributed by atoms with Crippen molar-refractivity contribution in [1.82, 2.24) is 4.57 Å². The van der Waals surface area contributed by atoms with Crippen molar-refractivity contribution in [2.75, 3.05) is 0 Å². The van der Waals surface area contributed by atoms with Gasteiger partial charge in [-0.2, -0.15) is 0 Å². The van der Waals surface area contributed by atoms with Gasteiger partial charge < -0.3 is 4.57 Å². The molecule has 1 rings (SSSR count). The minimum Gasteiger partial charge on any atom is -0.328 e. The van der Waals surface area contributed by atoms with Crippen molar-refractivity contribution in [3.8, 4) is 0 Å². The van der Waals surface area contributed by atoms with E-state index in [1.54, 1.807) is 0 Å². The van der Waals surface area contributed by atoms with Gasteiger partial charge in [0.1, 0.15) is 0 Å². The first-order valence-corrected chi connectivity index (χ1v) is 3.85. The van der Waals surface area contributed by atoms with E-state index in [0.29, 0.717) is 0 Å². The fraction of sp³-hybridized carbons (Fsp3) is 0.400. The molecule has 1 nitrogen and oxygen atoms in total. The molecule has 11 heavy (non-hydrogen) atoms. The molecule has 1 aromatic rings. The van der Waals surface area contributed by atoms with Gasteiger partial charge in [0, 0.05) is 23.5 Å². The van der Waals surface area contributed by atoms with Gasteiger partial charge in [-0.25, -0.2) is 0 Å². The van der Waals surface area contributed by atoms with Crippen LogP contribution in [-0.4, -0.2) is 4.57 Å². The highest BCUT2D eigenvalue weighted by Gasteiger charge is 2.15. The largest absolute Gasteiger partial charge is 0.328 e. The Labute approximate surface area is 68.4 Å². The highest BCUT2D eigenvalue weighted by Crippen LogP contribution is 2.22. The summed E-state index contributed by atoms with van der Waals surface area (Å²) in [5, 5.41) is 0. The van der Waals surface area contributed by atoms with Gasteiger partial charge in [-0.3, -0.25) is 0 Å². The zero-order valence-corrected chi connectivity index (χ0v) is 7.46. The summed E-state index contributed by atoms with van der Waals surface area (Å²) < 4.78 is 2.06. The molecule has 0 spiro atoms. The number of nitrogens with zero attached hydrogens (tertiary/aromatic N) is 1. The van der Waals surface area contributed by atoms with Crippen molar-refractivity contribution in [1.29, 1.82) is 0 Å². The Morgan fingerprint density at radius 3 is 2.45 bits per heavy atom. The standard InChI is InChI=1S/C10H15N/c1-5-11-8-6-7-9(11)10(2,3)4/h5-8H,1H2,2-4H3. The molecule has 1 aromatic heterocycles. The van der Waals surface area contributed by atoms with Crippen molar-refractivity contribution in [2.45, 2.75) is 26.2 Å².